The number of nitrogens with one attached hydrogen (secondary N) is 1. The Morgan fingerprint density at radius 1 is 1.27 bits per heavy atom. The first-order chi connectivity index (χ1) is 5.40. The molecule has 11 heavy (non-hydrogen) atoms. The van der Waals surface area contributed by atoms with E-state index in [9.17, 15) is 0 Å². The van der Waals surface area contributed by atoms with E-state index in [1.807, 2.05) is 6.07 Å². The Kier molecular flexibility index (Phi) is 1.67. The number of hydrogen-bond acceptors (Lipinski definition) is 0. The molecule has 0 aliphatic heterocycles. The van der Waals surface area contributed by atoms with Gasteiger partial charge in [0.15, 0.2) is 0 Å². The second-order valence-corrected chi connectivity index (χ2v) is 2.99. The lowest BCUT2D eigenvalue weighted by atomic mass is 10.2. The van der Waals surface area contributed by atoms with Gasteiger partial charge in [0.25, 0.3) is 0 Å². The molecule has 0 fully saturated rings. The largest absolute Gasteiger partial charge is 0.358 e. The van der Waals surface area contributed by atoms with Crippen LogP contribution in [0.5, 0.6) is 0 Å². The first-order valence-corrected chi connectivity index (χ1v) is 4.48. The summed E-state index contributed by atoms with van der Waals surface area (Å²) in [6.45, 7) is 0. The molecule has 56 valence electrons. The highest BCUT2D eigenvalue weighted by Gasteiger charge is 1.95. The smallest absolute Gasteiger partial charge is 0.0456 e. The highest BCUT2D eigenvalue weighted by atomic mass is 31.0. The number of hydrogen-bond donors (Lipinski definition) is 1. The summed E-state index contributed by atoms with van der Waals surface area (Å²) in [5.74, 6) is 0. The molecular weight excluding hydrogens is 153 g/mol. The van der Waals surface area contributed by atoms with Gasteiger partial charge in [-0.05, 0) is 17.5 Å². The van der Waals surface area contributed by atoms with Gasteiger partial charge in [0.1, 0.15) is 0 Å². The third kappa shape index (κ3) is 1.17. The summed E-state index contributed by atoms with van der Waals surface area (Å²) >= 11 is 0. The Morgan fingerprint density at radius 2 is 2.09 bits per heavy atom. The van der Waals surface area contributed by atoms with E-state index in [-0.39, 0.29) is 0 Å². The maximum Gasteiger partial charge on any atom is 0.0456 e. The van der Waals surface area contributed by atoms with E-state index >= 15 is 0 Å². The highest BCUT2D eigenvalue weighted by Crippen LogP contribution is 2.15. The lowest BCUT2D eigenvalue weighted by molar-refractivity contribution is 1.27. The number of aromatic amines is 1. The van der Waals surface area contributed by atoms with Crippen molar-refractivity contribution in [3.8, 4) is 0 Å². The maximum atomic E-state index is 3.32. The average Bonchev–Trinajstić information content (AvgIpc) is 2.46. The molecule has 0 aliphatic rings. The summed E-state index contributed by atoms with van der Waals surface area (Å²) in [5, 5.41) is 1.30. The molecule has 0 saturated heterocycles. The molecule has 0 aliphatic carbocycles. The number of benzene rings is 1. The summed E-state index contributed by atoms with van der Waals surface area (Å²) in [6, 6.07) is 10.5. The normalized spacial score (nSPS) is 10.6. The fraction of sp³-hybridized carbons (Fsp3) is 0.111. The third-order valence-corrected chi connectivity index (χ3v) is 2.25. The topological polar surface area (TPSA) is 15.8 Å². The van der Waals surface area contributed by atoms with E-state index in [2.05, 4.69) is 38.5 Å². The molecule has 2 aromatic rings. The third-order valence-electron chi connectivity index (χ3n) is 1.81. The van der Waals surface area contributed by atoms with Gasteiger partial charge in [0, 0.05) is 17.4 Å². The van der Waals surface area contributed by atoms with Crippen molar-refractivity contribution in [3.05, 3.63) is 36.0 Å². The molecule has 1 N–H and O–H groups in total. The fourth-order valence-electron chi connectivity index (χ4n) is 1.24. The molecule has 0 amide bonds. The van der Waals surface area contributed by atoms with Crippen molar-refractivity contribution in [1.29, 1.82) is 0 Å². The molecule has 0 radical (unpaired) electrons. The summed E-state index contributed by atoms with van der Waals surface area (Å²) in [7, 11) is 2.71. The molecule has 1 heterocycles. The van der Waals surface area contributed by atoms with Crippen LogP contribution in [0.25, 0.3) is 10.9 Å². The summed E-state index contributed by atoms with van der Waals surface area (Å²) in [6.07, 6.45) is 0.995. The van der Waals surface area contributed by atoms with Crippen LogP contribution in [0.15, 0.2) is 30.3 Å². The predicted octanol–water partition coefficient (Wildman–Crippen LogP) is 2.54. The van der Waals surface area contributed by atoms with Crippen molar-refractivity contribution in [2.45, 2.75) is 6.16 Å². The Labute approximate surface area is 68.0 Å². The van der Waals surface area contributed by atoms with Crippen LogP contribution in [0.3, 0.4) is 0 Å². The molecule has 2 rings (SSSR count). The van der Waals surface area contributed by atoms with Gasteiger partial charge in [-0.15, -0.1) is 9.24 Å². The Balaban J connectivity index is 2.69. The zero-order valence-electron chi connectivity index (χ0n) is 6.17. The fourth-order valence-corrected chi connectivity index (χ4v) is 1.46. The van der Waals surface area contributed by atoms with Gasteiger partial charge in [-0.3, -0.25) is 0 Å². The van der Waals surface area contributed by atoms with E-state index in [0.29, 0.717) is 0 Å². The van der Waals surface area contributed by atoms with Gasteiger partial charge in [-0.25, -0.2) is 0 Å². The second-order valence-electron chi connectivity index (χ2n) is 2.59. The van der Waals surface area contributed by atoms with Gasteiger partial charge >= 0.3 is 0 Å². The van der Waals surface area contributed by atoms with Crippen LogP contribution in [0.4, 0.5) is 0 Å². The zero-order chi connectivity index (χ0) is 7.68. The summed E-state index contributed by atoms with van der Waals surface area (Å²) in [5.41, 5.74) is 2.50. The maximum absolute atomic E-state index is 3.32. The minimum Gasteiger partial charge on any atom is -0.358 e. The number of aromatic nitrogens is 1. The van der Waals surface area contributed by atoms with Crippen molar-refractivity contribution in [2.24, 2.45) is 0 Å². The van der Waals surface area contributed by atoms with Crippen LogP contribution in [-0.4, -0.2) is 4.98 Å². The molecule has 1 aromatic carbocycles. The number of rotatable bonds is 1. The number of fused-ring (bicyclic) bond motifs is 1. The van der Waals surface area contributed by atoms with Crippen molar-refractivity contribution >= 4 is 20.1 Å². The van der Waals surface area contributed by atoms with Crippen LogP contribution in [0, 0.1) is 0 Å². The van der Waals surface area contributed by atoms with E-state index in [1.165, 1.54) is 16.6 Å². The van der Waals surface area contributed by atoms with Crippen LogP contribution in [-0.2, 0) is 6.16 Å². The molecular formula is C9H10NP. The van der Waals surface area contributed by atoms with Crippen LogP contribution in [0.2, 0.25) is 0 Å². The second kappa shape index (κ2) is 2.67. The monoisotopic (exact) mass is 163 g/mol. The van der Waals surface area contributed by atoms with Gasteiger partial charge in [-0.2, -0.15) is 0 Å². The molecule has 0 bridgehead atoms. The first kappa shape index (κ1) is 6.87. The van der Waals surface area contributed by atoms with Crippen molar-refractivity contribution in [2.75, 3.05) is 0 Å². The SMILES string of the molecule is PCc1cc2ccccc2[nH]1. The quantitative estimate of drug-likeness (QED) is 0.622. The molecule has 1 atom stereocenters. The Bertz CT molecular complexity index is 331. The summed E-state index contributed by atoms with van der Waals surface area (Å²) in [4.78, 5) is 3.32. The standard InChI is InChI=1S/C9H10NP/c11-6-8-5-7-3-1-2-4-9(7)10-8/h1-5,10H,6,11H2. The van der Waals surface area contributed by atoms with E-state index in [1.54, 1.807) is 0 Å². The van der Waals surface area contributed by atoms with E-state index in [4.69, 9.17) is 0 Å². The lowest BCUT2D eigenvalue weighted by Gasteiger charge is -1.85. The van der Waals surface area contributed by atoms with E-state index < -0.39 is 0 Å². The molecule has 0 saturated carbocycles. The van der Waals surface area contributed by atoms with Crippen molar-refractivity contribution < 1.29 is 0 Å². The minimum atomic E-state index is 0.995. The molecule has 2 heteroatoms. The Hall–Kier alpha value is -0.810. The molecule has 0 spiro atoms. The molecule has 1 nitrogen and oxygen atoms in total. The number of H-pyrrole nitrogens is 1. The van der Waals surface area contributed by atoms with Gasteiger partial charge < -0.3 is 4.98 Å². The lowest BCUT2D eigenvalue weighted by Crippen LogP contribution is -1.71. The van der Waals surface area contributed by atoms with Crippen molar-refractivity contribution in [1.82, 2.24) is 4.98 Å². The molecule has 1 unspecified atom stereocenters. The average molecular weight is 163 g/mol. The minimum absolute atomic E-state index is 0.995. The zero-order valence-corrected chi connectivity index (χ0v) is 7.33. The van der Waals surface area contributed by atoms with Gasteiger partial charge in [0.2, 0.25) is 0 Å². The number of para-hydroxylation sites is 1. The summed E-state index contributed by atoms with van der Waals surface area (Å²) < 4.78 is 0. The van der Waals surface area contributed by atoms with Crippen LogP contribution >= 0.6 is 9.24 Å². The van der Waals surface area contributed by atoms with Gasteiger partial charge in [0.05, 0.1) is 0 Å². The first-order valence-electron chi connectivity index (χ1n) is 3.67. The van der Waals surface area contributed by atoms with Crippen LogP contribution in [0.1, 0.15) is 5.69 Å². The van der Waals surface area contributed by atoms with E-state index in [0.717, 1.165) is 6.16 Å². The Morgan fingerprint density at radius 3 is 2.82 bits per heavy atom. The molecule has 1 aromatic heterocycles. The predicted molar refractivity (Wildman–Crippen MR) is 51.7 cm³/mol. The van der Waals surface area contributed by atoms with Crippen LogP contribution < -0.4 is 0 Å². The van der Waals surface area contributed by atoms with Gasteiger partial charge in [-0.1, -0.05) is 18.2 Å². The van der Waals surface area contributed by atoms with Crippen molar-refractivity contribution in [3.63, 3.8) is 0 Å². The highest BCUT2D eigenvalue weighted by molar-refractivity contribution is 7.15.